The third-order valence-corrected chi connectivity index (χ3v) is 3.21. The maximum atomic E-state index is 5.78. The van der Waals surface area contributed by atoms with Crippen molar-refractivity contribution in [3.05, 3.63) is 29.3 Å². The fourth-order valence-corrected chi connectivity index (χ4v) is 2.15. The van der Waals surface area contributed by atoms with Crippen LogP contribution in [0.4, 0.5) is 0 Å². The van der Waals surface area contributed by atoms with Gasteiger partial charge in [0.2, 0.25) is 0 Å². The SMILES string of the molecule is COCC[NH2+]CCCOc1ccc(C(C)C)c(C)c1. The normalized spacial score (nSPS) is 11.0. The summed E-state index contributed by atoms with van der Waals surface area (Å²) in [5, 5.41) is 2.26. The van der Waals surface area contributed by atoms with Crippen LogP contribution in [0.3, 0.4) is 0 Å². The van der Waals surface area contributed by atoms with Gasteiger partial charge in [-0.25, -0.2) is 0 Å². The maximum absolute atomic E-state index is 5.78. The number of benzene rings is 1. The molecule has 0 amide bonds. The average molecular weight is 266 g/mol. The topological polar surface area (TPSA) is 35.1 Å². The lowest BCUT2D eigenvalue weighted by atomic mass is 9.98. The van der Waals surface area contributed by atoms with E-state index in [1.54, 1.807) is 7.11 Å². The van der Waals surface area contributed by atoms with Crippen molar-refractivity contribution in [2.24, 2.45) is 0 Å². The molecule has 0 radical (unpaired) electrons. The summed E-state index contributed by atoms with van der Waals surface area (Å²) in [6.45, 7) is 10.3. The fraction of sp³-hybridized carbons (Fsp3) is 0.625. The van der Waals surface area contributed by atoms with Crippen LogP contribution in [0.5, 0.6) is 5.75 Å². The molecule has 19 heavy (non-hydrogen) atoms. The average Bonchev–Trinajstić information content (AvgIpc) is 2.37. The molecule has 0 fully saturated rings. The minimum Gasteiger partial charge on any atom is -0.493 e. The lowest BCUT2D eigenvalue weighted by Gasteiger charge is -2.12. The van der Waals surface area contributed by atoms with Crippen molar-refractivity contribution < 1.29 is 14.8 Å². The van der Waals surface area contributed by atoms with Crippen LogP contribution in [0.1, 0.15) is 37.3 Å². The molecule has 1 aromatic carbocycles. The summed E-state index contributed by atoms with van der Waals surface area (Å²) in [6, 6.07) is 6.40. The van der Waals surface area contributed by atoms with Gasteiger partial charge in [-0.1, -0.05) is 19.9 Å². The monoisotopic (exact) mass is 266 g/mol. The summed E-state index contributed by atoms with van der Waals surface area (Å²) in [7, 11) is 1.74. The van der Waals surface area contributed by atoms with Gasteiger partial charge in [0.1, 0.15) is 5.75 Å². The van der Waals surface area contributed by atoms with Crippen LogP contribution in [-0.4, -0.2) is 33.4 Å². The molecule has 3 nitrogen and oxygen atoms in total. The summed E-state index contributed by atoms with van der Waals surface area (Å²) >= 11 is 0. The highest BCUT2D eigenvalue weighted by molar-refractivity contribution is 5.36. The number of hydrogen-bond donors (Lipinski definition) is 1. The molecule has 0 heterocycles. The standard InChI is InChI=1S/C16H27NO2/c1-13(2)16-7-6-15(12-14(16)3)19-10-5-8-17-9-11-18-4/h6-7,12-13,17H,5,8-11H2,1-4H3/p+1. The van der Waals surface area contributed by atoms with Crippen molar-refractivity contribution in [1.29, 1.82) is 0 Å². The Hall–Kier alpha value is -1.06. The Morgan fingerprint density at radius 2 is 1.95 bits per heavy atom. The highest BCUT2D eigenvalue weighted by Gasteiger charge is 2.04. The van der Waals surface area contributed by atoms with Crippen molar-refractivity contribution >= 4 is 0 Å². The summed E-state index contributed by atoms with van der Waals surface area (Å²) in [6.07, 6.45) is 1.06. The molecule has 0 aliphatic heterocycles. The van der Waals surface area contributed by atoms with E-state index in [4.69, 9.17) is 9.47 Å². The molecular weight excluding hydrogens is 238 g/mol. The van der Waals surface area contributed by atoms with E-state index in [2.05, 4.69) is 44.3 Å². The van der Waals surface area contributed by atoms with E-state index in [-0.39, 0.29) is 0 Å². The van der Waals surface area contributed by atoms with Crippen LogP contribution >= 0.6 is 0 Å². The molecule has 0 saturated carbocycles. The lowest BCUT2D eigenvalue weighted by molar-refractivity contribution is -0.656. The van der Waals surface area contributed by atoms with Gasteiger partial charge in [0.25, 0.3) is 0 Å². The molecule has 108 valence electrons. The van der Waals surface area contributed by atoms with E-state index in [9.17, 15) is 0 Å². The maximum Gasteiger partial charge on any atom is 0.119 e. The molecule has 0 bridgehead atoms. The Morgan fingerprint density at radius 1 is 1.16 bits per heavy atom. The van der Waals surface area contributed by atoms with Gasteiger partial charge >= 0.3 is 0 Å². The van der Waals surface area contributed by atoms with Crippen LogP contribution in [0.25, 0.3) is 0 Å². The first kappa shape index (κ1) is 16.0. The number of nitrogens with two attached hydrogens (primary N) is 1. The zero-order valence-electron chi connectivity index (χ0n) is 12.7. The van der Waals surface area contributed by atoms with Crippen molar-refractivity contribution in [2.45, 2.75) is 33.1 Å². The van der Waals surface area contributed by atoms with Gasteiger partial charge in [0, 0.05) is 13.5 Å². The third kappa shape index (κ3) is 6.08. The molecule has 0 aromatic heterocycles. The highest BCUT2D eigenvalue weighted by atomic mass is 16.5. The second kappa shape index (κ2) is 8.94. The van der Waals surface area contributed by atoms with Gasteiger partial charge in [0.05, 0.1) is 26.3 Å². The number of ether oxygens (including phenoxy) is 2. The van der Waals surface area contributed by atoms with Crippen LogP contribution in [-0.2, 0) is 4.74 Å². The van der Waals surface area contributed by atoms with Crippen LogP contribution < -0.4 is 10.1 Å². The molecule has 0 unspecified atom stereocenters. The predicted molar refractivity (Wildman–Crippen MR) is 78.9 cm³/mol. The van der Waals surface area contributed by atoms with Gasteiger partial charge in [-0.15, -0.1) is 0 Å². The Bertz CT molecular complexity index is 364. The molecular formula is C16H28NO2+. The molecule has 1 rings (SSSR count). The fourth-order valence-electron chi connectivity index (χ4n) is 2.15. The summed E-state index contributed by atoms with van der Waals surface area (Å²) in [4.78, 5) is 0. The van der Waals surface area contributed by atoms with Crippen molar-refractivity contribution in [3.63, 3.8) is 0 Å². The zero-order chi connectivity index (χ0) is 14.1. The second-order valence-electron chi connectivity index (χ2n) is 5.23. The number of rotatable bonds is 9. The van der Waals surface area contributed by atoms with E-state index in [0.717, 1.165) is 38.5 Å². The molecule has 0 aliphatic rings. The number of aryl methyl sites for hydroxylation is 1. The smallest absolute Gasteiger partial charge is 0.119 e. The molecule has 0 saturated heterocycles. The quantitative estimate of drug-likeness (QED) is 0.695. The first-order valence-electron chi connectivity index (χ1n) is 7.19. The molecule has 0 aliphatic carbocycles. The van der Waals surface area contributed by atoms with E-state index in [1.165, 1.54) is 11.1 Å². The van der Waals surface area contributed by atoms with E-state index < -0.39 is 0 Å². The van der Waals surface area contributed by atoms with Crippen molar-refractivity contribution in [2.75, 3.05) is 33.4 Å². The largest absolute Gasteiger partial charge is 0.493 e. The Kier molecular flexibility index (Phi) is 7.53. The molecule has 0 spiro atoms. The molecule has 1 aromatic rings. The van der Waals surface area contributed by atoms with Crippen molar-refractivity contribution in [1.82, 2.24) is 0 Å². The predicted octanol–water partition coefficient (Wildman–Crippen LogP) is 2.10. The number of quaternary nitrogens is 1. The minimum atomic E-state index is 0.574. The van der Waals surface area contributed by atoms with E-state index in [0.29, 0.717) is 5.92 Å². The first-order valence-corrected chi connectivity index (χ1v) is 7.19. The summed E-state index contributed by atoms with van der Waals surface area (Å²) in [5.74, 6) is 1.56. The van der Waals surface area contributed by atoms with Gasteiger partial charge in [-0.3, -0.25) is 0 Å². The summed E-state index contributed by atoms with van der Waals surface area (Å²) in [5.41, 5.74) is 2.72. The minimum absolute atomic E-state index is 0.574. The van der Waals surface area contributed by atoms with E-state index >= 15 is 0 Å². The Morgan fingerprint density at radius 3 is 2.58 bits per heavy atom. The molecule has 3 heteroatoms. The van der Waals surface area contributed by atoms with Crippen LogP contribution in [0.15, 0.2) is 18.2 Å². The van der Waals surface area contributed by atoms with Gasteiger partial charge in [0.15, 0.2) is 0 Å². The highest BCUT2D eigenvalue weighted by Crippen LogP contribution is 2.23. The molecule has 0 atom stereocenters. The number of hydrogen-bond acceptors (Lipinski definition) is 2. The van der Waals surface area contributed by atoms with Gasteiger partial charge in [-0.05, 0) is 36.1 Å². The van der Waals surface area contributed by atoms with Gasteiger partial charge in [-0.2, -0.15) is 0 Å². The molecule has 2 N–H and O–H groups in total. The van der Waals surface area contributed by atoms with Crippen molar-refractivity contribution in [3.8, 4) is 5.75 Å². The third-order valence-electron chi connectivity index (χ3n) is 3.21. The Balaban J connectivity index is 2.25. The number of methoxy groups -OCH3 is 1. The Labute approximate surface area is 117 Å². The zero-order valence-corrected chi connectivity index (χ0v) is 12.7. The van der Waals surface area contributed by atoms with Gasteiger partial charge < -0.3 is 14.8 Å². The van der Waals surface area contributed by atoms with E-state index in [1.807, 2.05) is 0 Å². The second-order valence-corrected chi connectivity index (χ2v) is 5.23. The van der Waals surface area contributed by atoms with Crippen LogP contribution in [0.2, 0.25) is 0 Å². The van der Waals surface area contributed by atoms with Crippen LogP contribution in [0, 0.1) is 6.92 Å². The first-order chi connectivity index (χ1) is 9.15. The lowest BCUT2D eigenvalue weighted by Crippen LogP contribution is -2.85. The summed E-state index contributed by atoms with van der Waals surface area (Å²) < 4.78 is 10.8.